The SMILES string of the molecule is CCO[C@]1(C(=O)Nc2ccc(O[C@@H](C)CC)c(C(=O)OC)c2)CCC[C@H](C)C1. The zero-order chi connectivity index (χ0) is 20.7. The van der Waals surface area contributed by atoms with Crippen molar-refractivity contribution in [3.63, 3.8) is 0 Å². The standard InChI is InChI=1S/C22H33NO5/c1-6-16(4)28-19-11-10-17(13-18(19)20(24)26-5)23-21(25)22(27-7-2)12-8-9-15(3)14-22/h10-11,13,15-16H,6-9,12,14H2,1-5H3,(H,23,25)/t15-,16-,22+/m0/s1. The van der Waals surface area contributed by atoms with Gasteiger partial charge in [0.1, 0.15) is 16.9 Å². The lowest BCUT2D eigenvalue weighted by molar-refractivity contribution is -0.147. The van der Waals surface area contributed by atoms with Crippen molar-refractivity contribution >= 4 is 17.6 Å². The first kappa shape index (κ1) is 22.2. The second-order valence-electron chi connectivity index (χ2n) is 7.62. The Morgan fingerprint density at radius 1 is 1.32 bits per heavy atom. The molecule has 0 aromatic heterocycles. The molecule has 1 fully saturated rings. The van der Waals surface area contributed by atoms with Crippen LogP contribution >= 0.6 is 0 Å². The van der Waals surface area contributed by atoms with Crippen LogP contribution in [-0.4, -0.2) is 37.3 Å². The molecule has 2 rings (SSSR count). The fourth-order valence-electron chi connectivity index (χ4n) is 3.71. The van der Waals surface area contributed by atoms with Crippen LogP contribution in [0.5, 0.6) is 5.75 Å². The number of rotatable bonds is 8. The van der Waals surface area contributed by atoms with Crippen molar-refractivity contribution in [2.45, 2.75) is 71.5 Å². The van der Waals surface area contributed by atoms with E-state index in [1.807, 2.05) is 20.8 Å². The van der Waals surface area contributed by atoms with Crippen molar-refractivity contribution in [3.8, 4) is 5.75 Å². The summed E-state index contributed by atoms with van der Waals surface area (Å²) in [6.07, 6.45) is 4.25. The molecule has 0 heterocycles. The summed E-state index contributed by atoms with van der Waals surface area (Å²) in [4.78, 5) is 25.3. The minimum absolute atomic E-state index is 0.0335. The molecule has 1 aliphatic carbocycles. The smallest absolute Gasteiger partial charge is 0.341 e. The van der Waals surface area contributed by atoms with E-state index in [0.717, 1.165) is 19.3 Å². The molecule has 1 N–H and O–H groups in total. The van der Waals surface area contributed by atoms with E-state index in [0.29, 0.717) is 42.4 Å². The van der Waals surface area contributed by atoms with Gasteiger partial charge < -0.3 is 19.5 Å². The maximum atomic E-state index is 13.1. The summed E-state index contributed by atoms with van der Waals surface area (Å²) in [6, 6.07) is 5.05. The van der Waals surface area contributed by atoms with Gasteiger partial charge in [0, 0.05) is 12.3 Å². The molecule has 0 unspecified atom stereocenters. The van der Waals surface area contributed by atoms with Crippen LogP contribution in [0.4, 0.5) is 5.69 Å². The van der Waals surface area contributed by atoms with E-state index >= 15 is 0 Å². The molecule has 156 valence electrons. The molecule has 1 aliphatic rings. The highest BCUT2D eigenvalue weighted by Crippen LogP contribution is 2.36. The third kappa shape index (κ3) is 5.25. The number of anilines is 1. The minimum atomic E-state index is -0.816. The normalized spacial score (nSPS) is 23.0. The topological polar surface area (TPSA) is 73.9 Å². The van der Waals surface area contributed by atoms with Crippen LogP contribution in [0.15, 0.2) is 18.2 Å². The number of hydrogen-bond donors (Lipinski definition) is 1. The van der Waals surface area contributed by atoms with Crippen LogP contribution in [0.3, 0.4) is 0 Å². The number of benzene rings is 1. The third-order valence-corrected chi connectivity index (χ3v) is 5.34. The Bertz CT molecular complexity index is 686. The summed E-state index contributed by atoms with van der Waals surface area (Å²) < 4.78 is 16.6. The number of amides is 1. The summed E-state index contributed by atoms with van der Waals surface area (Å²) in [5, 5.41) is 2.94. The summed E-state index contributed by atoms with van der Waals surface area (Å²) in [5.41, 5.74) is 0.00582. The number of hydrogen-bond acceptors (Lipinski definition) is 5. The average Bonchev–Trinajstić information content (AvgIpc) is 2.68. The van der Waals surface area contributed by atoms with Crippen LogP contribution in [0.1, 0.15) is 70.2 Å². The number of methoxy groups -OCH3 is 1. The van der Waals surface area contributed by atoms with Gasteiger partial charge in [-0.1, -0.05) is 20.3 Å². The van der Waals surface area contributed by atoms with Crippen LogP contribution < -0.4 is 10.1 Å². The number of carbonyl (C=O) groups excluding carboxylic acids is 2. The van der Waals surface area contributed by atoms with Crippen molar-refractivity contribution < 1.29 is 23.8 Å². The quantitative estimate of drug-likeness (QED) is 0.657. The van der Waals surface area contributed by atoms with Crippen molar-refractivity contribution in [1.29, 1.82) is 0 Å². The van der Waals surface area contributed by atoms with E-state index in [2.05, 4.69) is 12.2 Å². The van der Waals surface area contributed by atoms with Crippen LogP contribution in [0, 0.1) is 5.92 Å². The van der Waals surface area contributed by atoms with Crippen LogP contribution in [0.25, 0.3) is 0 Å². The first-order valence-electron chi connectivity index (χ1n) is 10.2. The molecule has 3 atom stereocenters. The minimum Gasteiger partial charge on any atom is -0.490 e. The zero-order valence-electron chi connectivity index (χ0n) is 17.7. The van der Waals surface area contributed by atoms with Crippen molar-refractivity contribution in [1.82, 2.24) is 0 Å². The Balaban J connectivity index is 2.26. The second kappa shape index (κ2) is 9.92. The summed E-state index contributed by atoms with van der Waals surface area (Å²) in [6.45, 7) is 8.48. The van der Waals surface area contributed by atoms with Gasteiger partial charge in [0.15, 0.2) is 0 Å². The van der Waals surface area contributed by atoms with Gasteiger partial charge in [-0.3, -0.25) is 4.79 Å². The van der Waals surface area contributed by atoms with E-state index in [1.165, 1.54) is 7.11 Å². The van der Waals surface area contributed by atoms with Gasteiger partial charge in [-0.05, 0) is 63.6 Å². The fourth-order valence-corrected chi connectivity index (χ4v) is 3.71. The predicted molar refractivity (Wildman–Crippen MR) is 109 cm³/mol. The summed E-state index contributed by atoms with van der Waals surface area (Å²) in [7, 11) is 1.33. The van der Waals surface area contributed by atoms with E-state index in [-0.39, 0.29) is 12.0 Å². The fraction of sp³-hybridized carbons (Fsp3) is 0.636. The number of carbonyl (C=O) groups is 2. The summed E-state index contributed by atoms with van der Waals surface area (Å²) in [5.74, 6) is 0.223. The van der Waals surface area contributed by atoms with E-state index in [4.69, 9.17) is 14.2 Å². The number of nitrogens with one attached hydrogen (secondary N) is 1. The molecule has 6 heteroatoms. The molecule has 0 spiro atoms. The monoisotopic (exact) mass is 391 g/mol. The number of ether oxygens (including phenoxy) is 3. The van der Waals surface area contributed by atoms with Crippen LogP contribution in [-0.2, 0) is 14.3 Å². The predicted octanol–water partition coefficient (Wildman–Crippen LogP) is 4.57. The Morgan fingerprint density at radius 2 is 2.07 bits per heavy atom. The molecule has 28 heavy (non-hydrogen) atoms. The molecule has 1 amide bonds. The second-order valence-corrected chi connectivity index (χ2v) is 7.62. The Labute approximate surface area is 167 Å². The molecule has 6 nitrogen and oxygen atoms in total. The molecule has 0 bridgehead atoms. The molecule has 1 aromatic rings. The highest BCUT2D eigenvalue weighted by molar-refractivity contribution is 5.99. The number of esters is 1. The lowest BCUT2D eigenvalue weighted by Crippen LogP contribution is -2.48. The molecule has 0 saturated heterocycles. The lowest BCUT2D eigenvalue weighted by atomic mass is 9.78. The lowest BCUT2D eigenvalue weighted by Gasteiger charge is -2.38. The highest BCUT2D eigenvalue weighted by atomic mass is 16.5. The first-order valence-corrected chi connectivity index (χ1v) is 10.2. The van der Waals surface area contributed by atoms with Crippen molar-refractivity contribution in [2.24, 2.45) is 5.92 Å². The zero-order valence-corrected chi connectivity index (χ0v) is 17.7. The van der Waals surface area contributed by atoms with Crippen molar-refractivity contribution in [2.75, 3.05) is 19.0 Å². The van der Waals surface area contributed by atoms with E-state index in [1.54, 1.807) is 18.2 Å². The van der Waals surface area contributed by atoms with Gasteiger partial charge in [0.25, 0.3) is 5.91 Å². The molecular weight excluding hydrogens is 358 g/mol. The maximum absolute atomic E-state index is 13.1. The molecule has 0 aliphatic heterocycles. The molecular formula is C22H33NO5. The Kier molecular flexibility index (Phi) is 7.87. The Morgan fingerprint density at radius 3 is 2.68 bits per heavy atom. The van der Waals surface area contributed by atoms with Gasteiger partial charge >= 0.3 is 5.97 Å². The van der Waals surface area contributed by atoms with E-state index < -0.39 is 11.6 Å². The molecule has 1 aromatic carbocycles. The van der Waals surface area contributed by atoms with Gasteiger partial charge in [0.2, 0.25) is 0 Å². The largest absolute Gasteiger partial charge is 0.490 e. The first-order chi connectivity index (χ1) is 13.3. The van der Waals surface area contributed by atoms with Crippen molar-refractivity contribution in [3.05, 3.63) is 23.8 Å². The van der Waals surface area contributed by atoms with Gasteiger partial charge in [-0.25, -0.2) is 4.79 Å². The van der Waals surface area contributed by atoms with Gasteiger partial charge in [-0.15, -0.1) is 0 Å². The van der Waals surface area contributed by atoms with Gasteiger partial charge in [-0.2, -0.15) is 0 Å². The maximum Gasteiger partial charge on any atom is 0.341 e. The van der Waals surface area contributed by atoms with Gasteiger partial charge in [0.05, 0.1) is 13.2 Å². The summed E-state index contributed by atoms with van der Waals surface area (Å²) >= 11 is 0. The Hall–Kier alpha value is -2.08. The third-order valence-electron chi connectivity index (χ3n) is 5.34. The van der Waals surface area contributed by atoms with E-state index in [9.17, 15) is 9.59 Å². The highest BCUT2D eigenvalue weighted by Gasteiger charge is 2.42. The average molecular weight is 392 g/mol. The molecule has 0 radical (unpaired) electrons. The molecule has 1 saturated carbocycles. The van der Waals surface area contributed by atoms with Crippen LogP contribution in [0.2, 0.25) is 0 Å².